The molecule has 4 aromatic rings. The van der Waals surface area contributed by atoms with E-state index >= 15 is 0 Å². The van der Waals surface area contributed by atoms with Crippen LogP contribution in [0.5, 0.6) is 17.2 Å². The maximum absolute atomic E-state index is 13.1. The third-order valence-electron chi connectivity index (χ3n) is 6.81. The standard InChI is InChI=1S/C31H27N5O4S/c1-20-23(22-12-6-7-13-25(22)35(20)16-17-39-27-15-9-8-14-26(27)38-2)18-24-29(32)36-31(33-30(24)37)41-28(34-36)19-40-21-10-4-3-5-11-21/h3-15,18,32H,16-17,19H2,1-2H3/b24-18-,32-29?. The molecule has 1 amide bonds. The Labute approximate surface area is 241 Å². The zero-order chi connectivity index (χ0) is 28.3. The molecule has 9 nitrogen and oxygen atoms in total. The van der Waals surface area contributed by atoms with Gasteiger partial charge in [0, 0.05) is 22.2 Å². The van der Waals surface area contributed by atoms with Gasteiger partial charge in [0.25, 0.3) is 5.91 Å². The average molecular weight is 566 g/mol. The predicted molar refractivity (Wildman–Crippen MR) is 162 cm³/mol. The topological polar surface area (TPSA) is 102 Å². The third kappa shape index (κ3) is 5.21. The van der Waals surface area contributed by atoms with Gasteiger partial charge in [0.2, 0.25) is 5.17 Å². The number of carbonyl (C=O) groups is 1. The van der Waals surface area contributed by atoms with E-state index in [1.54, 1.807) is 13.2 Å². The van der Waals surface area contributed by atoms with Gasteiger partial charge in [-0.3, -0.25) is 10.2 Å². The van der Waals surface area contributed by atoms with Gasteiger partial charge in [0.05, 0.1) is 19.2 Å². The smallest absolute Gasteiger partial charge is 0.283 e. The number of nitrogens with zero attached hydrogens (tertiary/aromatic N) is 4. The number of amides is 1. The van der Waals surface area contributed by atoms with Crippen LogP contribution in [0.15, 0.2) is 94.5 Å². The number of ether oxygens (including phenoxy) is 3. The van der Waals surface area contributed by atoms with E-state index in [2.05, 4.69) is 14.7 Å². The summed E-state index contributed by atoms with van der Waals surface area (Å²) in [6.45, 7) is 3.23. The highest BCUT2D eigenvalue weighted by molar-refractivity contribution is 8.27. The molecule has 6 rings (SSSR count). The predicted octanol–water partition coefficient (Wildman–Crippen LogP) is 5.74. The number of rotatable bonds is 9. The van der Waals surface area contributed by atoms with E-state index in [9.17, 15) is 4.79 Å². The van der Waals surface area contributed by atoms with Crippen LogP contribution in [-0.4, -0.2) is 51.9 Å². The number of aromatic nitrogens is 1. The molecule has 0 unspecified atom stereocenters. The molecule has 3 heterocycles. The van der Waals surface area contributed by atoms with Gasteiger partial charge in [-0.05, 0) is 55.1 Å². The summed E-state index contributed by atoms with van der Waals surface area (Å²) in [5.74, 6) is 1.59. The lowest BCUT2D eigenvalue weighted by molar-refractivity contribution is -0.114. The summed E-state index contributed by atoms with van der Waals surface area (Å²) in [6.07, 6.45) is 1.75. The summed E-state index contributed by atoms with van der Waals surface area (Å²) >= 11 is 1.23. The fraction of sp³-hybridized carbons (Fsp3) is 0.161. The number of amidine groups is 2. The van der Waals surface area contributed by atoms with Gasteiger partial charge in [0.15, 0.2) is 17.3 Å². The van der Waals surface area contributed by atoms with Gasteiger partial charge in [-0.2, -0.15) is 15.1 Å². The summed E-state index contributed by atoms with van der Waals surface area (Å²) in [4.78, 5) is 17.4. The average Bonchev–Trinajstić information content (AvgIpc) is 3.53. The number of hydrazone groups is 1. The van der Waals surface area contributed by atoms with Crippen molar-refractivity contribution in [3.63, 3.8) is 0 Å². The minimum Gasteiger partial charge on any atom is -0.493 e. The van der Waals surface area contributed by atoms with Crippen molar-refractivity contribution in [2.75, 3.05) is 20.3 Å². The Hall–Kier alpha value is -4.83. The number of para-hydroxylation sites is 4. The molecule has 0 radical (unpaired) electrons. The summed E-state index contributed by atoms with van der Waals surface area (Å²) in [5.41, 5.74) is 3.00. The first-order valence-corrected chi connectivity index (χ1v) is 13.9. The molecule has 3 aromatic carbocycles. The number of carbonyl (C=O) groups excluding carboxylic acids is 1. The van der Waals surface area contributed by atoms with Gasteiger partial charge < -0.3 is 18.8 Å². The van der Waals surface area contributed by atoms with Gasteiger partial charge >= 0.3 is 0 Å². The maximum atomic E-state index is 13.1. The molecule has 1 N–H and O–H groups in total. The molecule has 10 heteroatoms. The first-order valence-electron chi connectivity index (χ1n) is 13.0. The Morgan fingerprint density at radius 1 is 0.951 bits per heavy atom. The van der Waals surface area contributed by atoms with Crippen molar-refractivity contribution in [1.29, 1.82) is 5.41 Å². The molecule has 0 atom stereocenters. The zero-order valence-electron chi connectivity index (χ0n) is 22.5. The van der Waals surface area contributed by atoms with E-state index in [0.29, 0.717) is 34.9 Å². The van der Waals surface area contributed by atoms with Crippen molar-refractivity contribution >= 4 is 50.7 Å². The summed E-state index contributed by atoms with van der Waals surface area (Å²) in [6, 6.07) is 25.0. The van der Waals surface area contributed by atoms with Crippen molar-refractivity contribution in [2.45, 2.75) is 13.5 Å². The second kappa shape index (κ2) is 11.3. The molecule has 0 fully saturated rings. The molecule has 2 aliphatic rings. The van der Waals surface area contributed by atoms with Gasteiger partial charge in [-0.15, -0.1) is 0 Å². The normalized spacial score (nSPS) is 15.7. The maximum Gasteiger partial charge on any atom is 0.283 e. The number of methoxy groups -OCH3 is 1. The molecule has 2 aliphatic heterocycles. The van der Waals surface area contributed by atoms with Crippen LogP contribution in [0, 0.1) is 12.3 Å². The SMILES string of the molecule is COc1ccccc1OCCn1c(C)c(/C=C2/C(=N)N3N=C(COc4ccccc4)SC3=NC2=O)c2ccccc21. The second-order valence-electron chi connectivity index (χ2n) is 9.28. The number of hydrogen-bond donors (Lipinski definition) is 1. The second-order valence-corrected chi connectivity index (χ2v) is 10.3. The van der Waals surface area contributed by atoms with Crippen molar-refractivity contribution in [3.8, 4) is 17.2 Å². The van der Waals surface area contributed by atoms with Gasteiger partial charge in [-0.25, -0.2) is 0 Å². The zero-order valence-corrected chi connectivity index (χ0v) is 23.4. The van der Waals surface area contributed by atoms with Crippen LogP contribution in [0.3, 0.4) is 0 Å². The molecule has 0 bridgehead atoms. The van der Waals surface area contributed by atoms with Crippen LogP contribution in [-0.2, 0) is 11.3 Å². The molecule has 0 aliphatic carbocycles. The molecule has 206 valence electrons. The van der Waals surface area contributed by atoms with Crippen LogP contribution in [0.25, 0.3) is 17.0 Å². The van der Waals surface area contributed by atoms with Crippen LogP contribution < -0.4 is 14.2 Å². The number of aliphatic imine (C=N–C) groups is 1. The molecule has 0 spiro atoms. The fourth-order valence-corrected chi connectivity index (χ4v) is 5.61. The van der Waals surface area contributed by atoms with Gasteiger partial charge in [0.1, 0.15) is 24.0 Å². The van der Waals surface area contributed by atoms with Crippen LogP contribution in [0.4, 0.5) is 0 Å². The first-order chi connectivity index (χ1) is 20.0. The van der Waals surface area contributed by atoms with E-state index in [0.717, 1.165) is 27.9 Å². The minimum atomic E-state index is -0.468. The Kier molecular flexibility index (Phi) is 7.30. The minimum absolute atomic E-state index is 0.0158. The first kappa shape index (κ1) is 26.4. The quantitative estimate of drug-likeness (QED) is 0.260. The van der Waals surface area contributed by atoms with E-state index in [1.165, 1.54) is 16.8 Å². The largest absolute Gasteiger partial charge is 0.493 e. The van der Waals surface area contributed by atoms with Crippen LogP contribution in [0.1, 0.15) is 11.3 Å². The van der Waals surface area contributed by atoms with E-state index in [1.807, 2.05) is 85.8 Å². The molecule has 0 saturated carbocycles. The molecular weight excluding hydrogens is 538 g/mol. The highest BCUT2D eigenvalue weighted by atomic mass is 32.2. The van der Waals surface area contributed by atoms with E-state index in [-0.39, 0.29) is 18.0 Å². The van der Waals surface area contributed by atoms with Gasteiger partial charge in [-0.1, -0.05) is 48.5 Å². The number of hydrogen-bond acceptors (Lipinski definition) is 7. The lowest BCUT2D eigenvalue weighted by atomic mass is 10.1. The molecular formula is C31H27N5O4S. The Bertz CT molecular complexity index is 1740. The Morgan fingerprint density at radius 3 is 2.49 bits per heavy atom. The summed E-state index contributed by atoms with van der Waals surface area (Å²) in [5, 5.41) is 16.7. The van der Waals surface area contributed by atoms with Crippen molar-refractivity contribution in [3.05, 3.63) is 95.7 Å². The Balaban J connectivity index is 1.25. The number of thioether (sulfide) groups is 1. The van der Waals surface area contributed by atoms with Crippen molar-refractivity contribution in [1.82, 2.24) is 9.58 Å². The van der Waals surface area contributed by atoms with E-state index in [4.69, 9.17) is 19.6 Å². The third-order valence-corrected chi connectivity index (χ3v) is 7.69. The van der Waals surface area contributed by atoms with Crippen LogP contribution in [0.2, 0.25) is 0 Å². The lowest BCUT2D eigenvalue weighted by Gasteiger charge is -2.20. The van der Waals surface area contributed by atoms with Crippen LogP contribution >= 0.6 is 11.8 Å². The Morgan fingerprint density at radius 2 is 1.68 bits per heavy atom. The van der Waals surface area contributed by atoms with Crippen molar-refractivity contribution < 1.29 is 19.0 Å². The number of benzene rings is 3. The fourth-order valence-electron chi connectivity index (χ4n) is 4.81. The van der Waals surface area contributed by atoms with Crippen molar-refractivity contribution in [2.24, 2.45) is 10.1 Å². The molecule has 41 heavy (non-hydrogen) atoms. The molecule has 0 saturated heterocycles. The van der Waals surface area contributed by atoms with E-state index < -0.39 is 5.91 Å². The highest BCUT2D eigenvalue weighted by Crippen LogP contribution is 2.32. The summed E-state index contributed by atoms with van der Waals surface area (Å²) in [7, 11) is 1.62. The highest BCUT2D eigenvalue weighted by Gasteiger charge is 2.36. The monoisotopic (exact) mass is 565 g/mol. The summed E-state index contributed by atoms with van der Waals surface area (Å²) < 4.78 is 19.4. The number of fused-ring (bicyclic) bond motifs is 2. The lowest BCUT2D eigenvalue weighted by Crippen LogP contribution is -2.35. The molecule has 1 aromatic heterocycles. The number of nitrogens with one attached hydrogen (secondary N) is 1.